The van der Waals surface area contributed by atoms with Crippen LogP contribution in [0, 0.1) is 13.2 Å². The molecule has 0 rings (SSSR count). The third kappa shape index (κ3) is 882. The van der Waals surface area contributed by atoms with Gasteiger partial charge in [0.2, 0.25) is 0 Å². The molecule has 0 aliphatic carbocycles. The van der Waals surface area contributed by atoms with Crippen molar-refractivity contribution in [3.05, 3.63) is 37.8 Å². The summed E-state index contributed by atoms with van der Waals surface area (Å²) >= 11 is 0. The molecule has 0 saturated heterocycles. The molecule has 0 N–H and O–H groups in total. The van der Waals surface area contributed by atoms with E-state index in [1.807, 2.05) is 11.5 Å². The molecule has 0 radical (unpaired) electrons. The Morgan fingerprint density at radius 1 is 1.00 bits per heavy atom. The summed E-state index contributed by atoms with van der Waals surface area (Å²) in [5, 5.41) is 0. The summed E-state index contributed by atoms with van der Waals surface area (Å²) in [6.07, 6.45) is 0. The Morgan fingerprint density at radius 2 is 1.00 bits per heavy atom. The molecule has 0 atom stereocenters. The van der Waals surface area contributed by atoms with Crippen LogP contribution < -0.4 is 0 Å². The summed E-state index contributed by atoms with van der Waals surface area (Å²) in [7, 11) is 0. The Balaban J connectivity index is -0.0000000400. The largest absolute Gasteiger partial charge is 2.00 e. The maximum Gasteiger partial charge on any atom is 2.00 e. The summed E-state index contributed by atoms with van der Waals surface area (Å²) < 4.78 is 0. The quantitative estimate of drug-likeness (QED) is 0.304. The predicted octanol–water partition coefficient (Wildman–Crippen LogP) is 1.52. The zero-order valence-corrected chi connectivity index (χ0v) is 5.44. The fourth-order valence-corrected chi connectivity index (χ4v) is 0. The molecule has 1 heteroatoms. The van der Waals surface area contributed by atoms with Gasteiger partial charge in [0.15, 0.2) is 0 Å². The first-order valence-corrected chi connectivity index (χ1v) is 1.28. The van der Waals surface area contributed by atoms with Gasteiger partial charge in [-0.15, -0.1) is 0 Å². The molecule has 0 spiro atoms. The molecule has 0 unspecified atom stereocenters. The van der Waals surface area contributed by atoms with Crippen molar-refractivity contribution >= 4 is 0 Å². The molecule has 0 aliphatic heterocycles. The van der Waals surface area contributed by atoms with Crippen molar-refractivity contribution < 1.29 is 20.4 Å². The standard InChI is InChI=1S/2C3H3.Pd/c2*1-3-2;/h2*1H,2H2;/q2*-1;+2. The van der Waals surface area contributed by atoms with Crippen molar-refractivity contribution in [3.8, 4) is 0 Å². The zero-order chi connectivity index (χ0) is 5.41. The van der Waals surface area contributed by atoms with Crippen molar-refractivity contribution in [1.82, 2.24) is 0 Å². The summed E-state index contributed by atoms with van der Waals surface area (Å²) in [6.45, 7) is 15.0. The van der Waals surface area contributed by atoms with Gasteiger partial charge in [0, 0.05) is 0 Å². The average molecular weight is 185 g/mol. The van der Waals surface area contributed by atoms with Crippen LogP contribution in [-0.4, -0.2) is 0 Å². The van der Waals surface area contributed by atoms with E-state index < -0.39 is 0 Å². The third-order valence-corrected chi connectivity index (χ3v) is 0. The second kappa shape index (κ2) is 43.5. The molecule has 0 amide bonds. The van der Waals surface area contributed by atoms with E-state index in [1.54, 1.807) is 0 Å². The summed E-state index contributed by atoms with van der Waals surface area (Å²) in [4.78, 5) is 0. The molecular weight excluding hydrogens is 178 g/mol. The Kier molecular flexibility index (Phi) is 98.8. The molecule has 0 aromatic rings. The van der Waals surface area contributed by atoms with E-state index in [-0.39, 0.29) is 20.4 Å². The molecule has 0 aromatic carbocycles. The fraction of sp³-hybridized carbons (Fsp3) is 0. The van der Waals surface area contributed by atoms with Crippen LogP contribution in [0.1, 0.15) is 0 Å². The van der Waals surface area contributed by atoms with Crippen LogP contribution in [0.3, 0.4) is 0 Å². The van der Waals surface area contributed by atoms with Crippen LogP contribution in [0.15, 0.2) is 24.6 Å². The van der Waals surface area contributed by atoms with Crippen molar-refractivity contribution in [3.63, 3.8) is 0 Å². The van der Waals surface area contributed by atoms with Crippen molar-refractivity contribution in [2.45, 2.75) is 0 Å². The van der Waals surface area contributed by atoms with Crippen molar-refractivity contribution in [1.29, 1.82) is 0 Å². The smallest absolute Gasteiger partial charge is 0.342 e. The van der Waals surface area contributed by atoms with Gasteiger partial charge in [0.05, 0.1) is 0 Å². The molecular formula is C6H6Pd. The molecule has 0 aliphatic rings. The van der Waals surface area contributed by atoms with E-state index in [9.17, 15) is 0 Å². The van der Waals surface area contributed by atoms with Crippen LogP contribution in [-0.2, 0) is 20.4 Å². The van der Waals surface area contributed by atoms with Crippen molar-refractivity contribution in [2.24, 2.45) is 0 Å². The number of rotatable bonds is 0. The molecule has 40 valence electrons. The van der Waals surface area contributed by atoms with Gasteiger partial charge in [-0.1, -0.05) is 0 Å². The molecule has 0 fully saturated rings. The summed E-state index contributed by atoms with van der Waals surface area (Å²) in [5.41, 5.74) is 4.00. The van der Waals surface area contributed by atoms with Gasteiger partial charge in [-0.3, -0.25) is 0 Å². The van der Waals surface area contributed by atoms with Gasteiger partial charge in [-0.25, -0.2) is 26.3 Å². The van der Waals surface area contributed by atoms with E-state index in [2.05, 4.69) is 26.3 Å². The number of hydrogen-bond acceptors (Lipinski definition) is 0. The Hall–Kier alpha value is -0.298. The molecule has 0 heterocycles. The van der Waals surface area contributed by atoms with E-state index in [0.717, 1.165) is 0 Å². The van der Waals surface area contributed by atoms with Crippen LogP contribution >= 0.6 is 0 Å². The van der Waals surface area contributed by atoms with E-state index >= 15 is 0 Å². The molecule has 0 saturated carbocycles. The summed E-state index contributed by atoms with van der Waals surface area (Å²) in [6, 6.07) is 0. The van der Waals surface area contributed by atoms with Gasteiger partial charge >= 0.3 is 20.4 Å². The van der Waals surface area contributed by atoms with Crippen LogP contribution in [0.2, 0.25) is 0 Å². The second-order valence-electron chi connectivity index (χ2n) is 0.408. The first-order valence-electron chi connectivity index (χ1n) is 1.28. The zero-order valence-electron chi connectivity index (χ0n) is 3.89. The second-order valence-corrected chi connectivity index (χ2v) is 0.408. The maximum atomic E-state index is 4.49. The normalized spacial score (nSPS) is 2.29. The first kappa shape index (κ1) is 15.9. The SMILES string of the molecule is [CH-]=C=C.[CH-]=C=C.[Pd+2]. The monoisotopic (exact) mass is 184 g/mol. The minimum absolute atomic E-state index is 0. The maximum absolute atomic E-state index is 4.49. The third-order valence-electron chi connectivity index (χ3n) is 0. The van der Waals surface area contributed by atoms with Crippen molar-refractivity contribution in [2.75, 3.05) is 0 Å². The molecule has 0 nitrogen and oxygen atoms in total. The molecule has 0 aromatic heterocycles. The van der Waals surface area contributed by atoms with E-state index in [4.69, 9.17) is 0 Å². The van der Waals surface area contributed by atoms with Gasteiger partial charge in [0.25, 0.3) is 0 Å². The Bertz CT molecular complexity index is 58.2. The van der Waals surface area contributed by atoms with Crippen LogP contribution in [0.25, 0.3) is 0 Å². The molecule has 7 heavy (non-hydrogen) atoms. The number of hydrogen-bond donors (Lipinski definition) is 0. The average Bonchev–Trinajstić information content (AvgIpc) is 1.39. The van der Waals surface area contributed by atoms with E-state index in [0.29, 0.717) is 0 Å². The van der Waals surface area contributed by atoms with Crippen LogP contribution in [0.5, 0.6) is 0 Å². The minimum Gasteiger partial charge on any atom is -0.342 e. The van der Waals surface area contributed by atoms with Gasteiger partial charge in [0.1, 0.15) is 0 Å². The Morgan fingerprint density at radius 3 is 1.00 bits per heavy atom. The fourth-order valence-electron chi connectivity index (χ4n) is 0. The summed E-state index contributed by atoms with van der Waals surface area (Å²) in [5.74, 6) is 0. The van der Waals surface area contributed by atoms with Gasteiger partial charge in [-0.2, -0.15) is 0 Å². The Labute approximate surface area is 58.6 Å². The molecule has 0 bridgehead atoms. The van der Waals surface area contributed by atoms with Gasteiger partial charge < -0.3 is 11.5 Å². The van der Waals surface area contributed by atoms with E-state index in [1.165, 1.54) is 0 Å². The van der Waals surface area contributed by atoms with Crippen LogP contribution in [0.4, 0.5) is 0 Å². The first-order chi connectivity index (χ1) is 2.83. The predicted molar refractivity (Wildman–Crippen MR) is 26.9 cm³/mol. The minimum atomic E-state index is 0. The van der Waals surface area contributed by atoms with Gasteiger partial charge in [-0.05, 0) is 0 Å². The topological polar surface area (TPSA) is 0 Å².